The Labute approximate surface area is 199 Å². The van der Waals surface area contributed by atoms with E-state index in [4.69, 9.17) is 4.74 Å². The molecule has 34 heavy (non-hydrogen) atoms. The van der Waals surface area contributed by atoms with Gasteiger partial charge in [-0.3, -0.25) is 14.5 Å². The van der Waals surface area contributed by atoms with Gasteiger partial charge >= 0.3 is 12.1 Å². The quantitative estimate of drug-likeness (QED) is 0.653. The van der Waals surface area contributed by atoms with E-state index in [1.54, 1.807) is 16.8 Å². The van der Waals surface area contributed by atoms with Gasteiger partial charge in [0.2, 0.25) is 5.91 Å². The monoisotopic (exact) mass is 465 g/mol. The van der Waals surface area contributed by atoms with Crippen LogP contribution in [0.25, 0.3) is 11.1 Å². The number of carbonyl (C=O) groups excluding carboxylic acids is 2. The molecule has 2 atom stereocenters. The SMILES string of the molecule is CC(CNC(=O)OCC1c2ccccc2-c2ccccc21)CC(=O)N1CCN(C)C(C(=O)O)C1. The van der Waals surface area contributed by atoms with E-state index in [0.29, 0.717) is 19.6 Å². The molecule has 2 amide bonds. The summed E-state index contributed by atoms with van der Waals surface area (Å²) in [4.78, 5) is 39.7. The first-order valence-corrected chi connectivity index (χ1v) is 11.6. The predicted octanol–water partition coefficient (Wildman–Crippen LogP) is 2.78. The van der Waals surface area contributed by atoms with Gasteiger partial charge in [0, 0.05) is 38.5 Å². The Bertz CT molecular complexity index is 1030. The summed E-state index contributed by atoms with van der Waals surface area (Å²) < 4.78 is 5.55. The molecule has 1 fully saturated rings. The molecule has 1 aliphatic carbocycles. The number of carbonyl (C=O) groups is 3. The molecular weight excluding hydrogens is 434 g/mol. The third-order valence-corrected chi connectivity index (χ3v) is 6.75. The predicted molar refractivity (Wildman–Crippen MR) is 127 cm³/mol. The van der Waals surface area contributed by atoms with Crippen LogP contribution in [-0.2, 0) is 14.3 Å². The highest BCUT2D eigenvalue weighted by Gasteiger charge is 2.32. The van der Waals surface area contributed by atoms with Gasteiger partial charge in [-0.2, -0.15) is 0 Å². The van der Waals surface area contributed by atoms with Gasteiger partial charge in [-0.05, 0) is 35.2 Å². The third-order valence-electron chi connectivity index (χ3n) is 6.75. The summed E-state index contributed by atoms with van der Waals surface area (Å²) in [6.45, 7) is 3.63. The fraction of sp³-hybridized carbons (Fsp3) is 0.423. The fourth-order valence-corrected chi connectivity index (χ4v) is 4.77. The highest BCUT2D eigenvalue weighted by molar-refractivity contribution is 5.80. The van der Waals surface area contributed by atoms with Gasteiger partial charge < -0.3 is 20.1 Å². The number of carboxylic acids is 1. The van der Waals surface area contributed by atoms with Crippen LogP contribution in [-0.4, -0.2) is 78.8 Å². The third kappa shape index (κ3) is 5.07. The first-order valence-electron chi connectivity index (χ1n) is 11.6. The van der Waals surface area contributed by atoms with Crippen molar-refractivity contribution in [3.63, 3.8) is 0 Å². The molecule has 1 saturated heterocycles. The molecule has 1 aliphatic heterocycles. The largest absolute Gasteiger partial charge is 0.480 e. The first kappa shape index (κ1) is 23.8. The molecule has 0 aromatic heterocycles. The van der Waals surface area contributed by atoms with Crippen LogP contribution in [0.1, 0.15) is 30.4 Å². The minimum Gasteiger partial charge on any atom is -0.480 e. The highest BCUT2D eigenvalue weighted by Crippen LogP contribution is 2.44. The molecule has 2 aliphatic rings. The minimum atomic E-state index is -0.926. The smallest absolute Gasteiger partial charge is 0.407 e. The molecule has 2 N–H and O–H groups in total. The molecular formula is C26H31N3O5. The van der Waals surface area contributed by atoms with E-state index in [9.17, 15) is 19.5 Å². The lowest BCUT2D eigenvalue weighted by Crippen LogP contribution is -2.56. The number of benzene rings is 2. The van der Waals surface area contributed by atoms with E-state index in [1.807, 2.05) is 31.2 Å². The van der Waals surface area contributed by atoms with Gasteiger partial charge in [0.1, 0.15) is 12.6 Å². The zero-order valence-corrected chi connectivity index (χ0v) is 19.6. The molecule has 8 nitrogen and oxygen atoms in total. The maximum absolute atomic E-state index is 12.6. The van der Waals surface area contributed by atoms with Crippen LogP contribution in [0.5, 0.6) is 0 Å². The number of carboxylic acid groups (broad SMARTS) is 1. The molecule has 2 unspecified atom stereocenters. The molecule has 4 rings (SSSR count). The average Bonchev–Trinajstić information content (AvgIpc) is 3.15. The van der Waals surface area contributed by atoms with Crippen molar-refractivity contribution >= 4 is 18.0 Å². The summed E-state index contributed by atoms with van der Waals surface area (Å²) in [7, 11) is 1.75. The van der Waals surface area contributed by atoms with Crippen LogP contribution in [0.3, 0.4) is 0 Å². The Kier molecular flexibility index (Phi) is 7.17. The number of hydrogen-bond donors (Lipinski definition) is 2. The number of piperazine rings is 1. The summed E-state index contributed by atoms with van der Waals surface area (Å²) in [5, 5.41) is 12.1. The molecule has 2 aromatic carbocycles. The van der Waals surface area contributed by atoms with Crippen molar-refractivity contribution in [2.75, 3.05) is 39.8 Å². The van der Waals surface area contributed by atoms with Gasteiger partial charge in [-0.1, -0.05) is 55.5 Å². The lowest BCUT2D eigenvalue weighted by Gasteiger charge is -2.37. The van der Waals surface area contributed by atoms with E-state index in [-0.39, 0.29) is 37.3 Å². The van der Waals surface area contributed by atoms with Crippen molar-refractivity contribution in [2.45, 2.75) is 25.3 Å². The standard InChI is InChI=1S/C26H31N3O5/c1-17(13-24(30)29-12-11-28(2)23(15-29)25(31)32)14-27-26(33)34-16-22-20-9-5-3-7-18(20)19-8-4-6-10-21(19)22/h3-10,17,22-23H,11-16H2,1-2H3,(H,27,33)(H,31,32). The Morgan fingerprint density at radius 2 is 1.68 bits per heavy atom. The lowest BCUT2D eigenvalue weighted by atomic mass is 9.98. The van der Waals surface area contributed by atoms with Gasteiger partial charge in [0.25, 0.3) is 0 Å². The molecule has 0 bridgehead atoms. The highest BCUT2D eigenvalue weighted by atomic mass is 16.5. The number of amides is 2. The second kappa shape index (κ2) is 10.3. The van der Waals surface area contributed by atoms with Gasteiger partial charge in [0.15, 0.2) is 0 Å². The summed E-state index contributed by atoms with van der Waals surface area (Å²) in [5.74, 6) is -1.13. The topological polar surface area (TPSA) is 99.2 Å². The Morgan fingerprint density at radius 3 is 2.29 bits per heavy atom. The molecule has 1 heterocycles. The summed E-state index contributed by atoms with van der Waals surface area (Å²) in [6, 6.07) is 15.6. The fourth-order valence-electron chi connectivity index (χ4n) is 4.77. The Hall–Kier alpha value is -3.39. The number of aliphatic carboxylic acids is 1. The second-order valence-corrected chi connectivity index (χ2v) is 9.19. The van der Waals surface area contributed by atoms with Crippen LogP contribution < -0.4 is 5.32 Å². The van der Waals surface area contributed by atoms with E-state index in [2.05, 4.69) is 29.6 Å². The number of fused-ring (bicyclic) bond motifs is 3. The Balaban J connectivity index is 1.25. The van der Waals surface area contributed by atoms with Crippen LogP contribution >= 0.6 is 0 Å². The molecule has 0 radical (unpaired) electrons. The molecule has 0 saturated carbocycles. The van der Waals surface area contributed by atoms with Crippen molar-refractivity contribution in [2.24, 2.45) is 5.92 Å². The van der Waals surface area contributed by atoms with E-state index < -0.39 is 18.1 Å². The number of rotatable bonds is 7. The average molecular weight is 466 g/mol. The van der Waals surface area contributed by atoms with E-state index in [0.717, 1.165) is 11.1 Å². The summed E-state index contributed by atoms with van der Waals surface area (Å²) in [6.07, 6.45) is -0.272. The number of alkyl carbamates (subject to hydrolysis) is 1. The van der Waals surface area contributed by atoms with Crippen molar-refractivity contribution in [1.82, 2.24) is 15.1 Å². The molecule has 180 valence electrons. The maximum atomic E-state index is 12.6. The van der Waals surface area contributed by atoms with Gasteiger partial charge in [-0.15, -0.1) is 0 Å². The minimum absolute atomic E-state index is 0.00318. The summed E-state index contributed by atoms with van der Waals surface area (Å²) >= 11 is 0. The van der Waals surface area contributed by atoms with Gasteiger partial charge in [-0.25, -0.2) is 4.79 Å². The van der Waals surface area contributed by atoms with Gasteiger partial charge in [0.05, 0.1) is 0 Å². The molecule has 8 heteroatoms. The Morgan fingerprint density at radius 1 is 1.06 bits per heavy atom. The van der Waals surface area contributed by atoms with Crippen LogP contribution in [0.2, 0.25) is 0 Å². The molecule has 2 aromatic rings. The van der Waals surface area contributed by atoms with Crippen molar-refractivity contribution < 1.29 is 24.2 Å². The first-order chi connectivity index (χ1) is 16.3. The van der Waals surface area contributed by atoms with Crippen molar-refractivity contribution in [1.29, 1.82) is 0 Å². The van der Waals surface area contributed by atoms with Crippen LogP contribution in [0.4, 0.5) is 4.79 Å². The van der Waals surface area contributed by atoms with Crippen molar-refractivity contribution in [3.8, 4) is 11.1 Å². The number of likely N-dealkylation sites (N-methyl/N-ethyl adjacent to an activating group) is 1. The van der Waals surface area contributed by atoms with Crippen molar-refractivity contribution in [3.05, 3.63) is 59.7 Å². The second-order valence-electron chi connectivity index (χ2n) is 9.19. The lowest BCUT2D eigenvalue weighted by molar-refractivity contribution is -0.147. The number of nitrogens with zero attached hydrogens (tertiary/aromatic N) is 2. The number of nitrogens with one attached hydrogen (secondary N) is 1. The maximum Gasteiger partial charge on any atom is 0.407 e. The van der Waals surface area contributed by atoms with E-state index >= 15 is 0 Å². The zero-order valence-electron chi connectivity index (χ0n) is 19.6. The number of ether oxygens (including phenoxy) is 1. The number of hydrogen-bond acceptors (Lipinski definition) is 5. The molecule has 0 spiro atoms. The normalized spacial score (nSPS) is 18.6. The van der Waals surface area contributed by atoms with Crippen LogP contribution in [0.15, 0.2) is 48.5 Å². The summed E-state index contributed by atoms with van der Waals surface area (Å²) in [5.41, 5.74) is 4.66. The van der Waals surface area contributed by atoms with Crippen LogP contribution in [0, 0.1) is 5.92 Å². The van der Waals surface area contributed by atoms with E-state index in [1.165, 1.54) is 11.1 Å². The zero-order chi connectivity index (χ0) is 24.2.